The lowest BCUT2D eigenvalue weighted by Gasteiger charge is -2.03. The third kappa shape index (κ3) is 1.79. The van der Waals surface area contributed by atoms with E-state index in [0.29, 0.717) is 17.4 Å². The quantitative estimate of drug-likeness (QED) is 0.701. The molecule has 0 bridgehead atoms. The van der Waals surface area contributed by atoms with Gasteiger partial charge in [0.15, 0.2) is 0 Å². The number of benzene rings is 1. The van der Waals surface area contributed by atoms with Crippen LogP contribution in [-0.2, 0) is 7.05 Å². The standard InChI is InChI=1S/C11H9FN2O/c1-14-11(2-3-13-14)9-4-8(7-15)5-10(12)6-9/h2-7H,1H3. The number of aldehydes is 1. The molecule has 1 aromatic heterocycles. The second-order valence-corrected chi connectivity index (χ2v) is 3.23. The summed E-state index contributed by atoms with van der Waals surface area (Å²) in [6, 6.07) is 5.98. The van der Waals surface area contributed by atoms with Gasteiger partial charge in [-0.1, -0.05) is 0 Å². The van der Waals surface area contributed by atoms with Crippen molar-refractivity contribution in [1.82, 2.24) is 9.78 Å². The summed E-state index contributed by atoms with van der Waals surface area (Å²) in [5, 5.41) is 3.98. The van der Waals surface area contributed by atoms with Crippen molar-refractivity contribution in [2.45, 2.75) is 0 Å². The summed E-state index contributed by atoms with van der Waals surface area (Å²) in [6.07, 6.45) is 2.25. The molecule has 0 unspecified atom stereocenters. The lowest BCUT2D eigenvalue weighted by atomic mass is 10.1. The fourth-order valence-corrected chi connectivity index (χ4v) is 1.49. The molecule has 0 N–H and O–H groups in total. The Hall–Kier alpha value is -1.97. The minimum Gasteiger partial charge on any atom is -0.298 e. The van der Waals surface area contributed by atoms with Crippen LogP contribution < -0.4 is 0 Å². The molecule has 0 aliphatic carbocycles. The van der Waals surface area contributed by atoms with E-state index in [0.717, 1.165) is 5.69 Å². The van der Waals surface area contributed by atoms with Gasteiger partial charge in [0.2, 0.25) is 0 Å². The van der Waals surface area contributed by atoms with Crippen LogP contribution in [0.1, 0.15) is 10.4 Å². The van der Waals surface area contributed by atoms with E-state index in [1.807, 2.05) is 0 Å². The molecule has 76 valence electrons. The van der Waals surface area contributed by atoms with Gasteiger partial charge in [-0.05, 0) is 24.3 Å². The molecule has 3 nitrogen and oxygen atoms in total. The van der Waals surface area contributed by atoms with E-state index in [1.165, 1.54) is 12.1 Å². The molecule has 0 aliphatic rings. The molecule has 0 spiro atoms. The van der Waals surface area contributed by atoms with Gasteiger partial charge in [-0.2, -0.15) is 5.10 Å². The zero-order valence-electron chi connectivity index (χ0n) is 8.14. The maximum absolute atomic E-state index is 13.1. The summed E-state index contributed by atoms with van der Waals surface area (Å²) >= 11 is 0. The monoisotopic (exact) mass is 204 g/mol. The van der Waals surface area contributed by atoms with Crippen molar-refractivity contribution >= 4 is 6.29 Å². The summed E-state index contributed by atoms with van der Waals surface area (Å²) in [7, 11) is 1.76. The van der Waals surface area contributed by atoms with Crippen LogP contribution in [0, 0.1) is 5.82 Å². The second-order valence-electron chi connectivity index (χ2n) is 3.23. The van der Waals surface area contributed by atoms with E-state index < -0.39 is 5.82 Å². The van der Waals surface area contributed by atoms with Crippen molar-refractivity contribution in [3.8, 4) is 11.3 Å². The van der Waals surface area contributed by atoms with Gasteiger partial charge in [0.05, 0.1) is 5.69 Å². The highest BCUT2D eigenvalue weighted by Gasteiger charge is 2.05. The van der Waals surface area contributed by atoms with Crippen molar-refractivity contribution in [2.24, 2.45) is 7.05 Å². The normalized spacial score (nSPS) is 10.3. The van der Waals surface area contributed by atoms with Crippen LogP contribution in [0.15, 0.2) is 30.5 Å². The Morgan fingerprint density at radius 3 is 2.80 bits per heavy atom. The summed E-state index contributed by atoms with van der Waals surface area (Å²) in [5.74, 6) is -0.421. The van der Waals surface area contributed by atoms with Gasteiger partial charge in [0.1, 0.15) is 12.1 Å². The molecule has 2 rings (SSSR count). The first-order valence-electron chi connectivity index (χ1n) is 4.45. The largest absolute Gasteiger partial charge is 0.298 e. The Morgan fingerprint density at radius 1 is 1.40 bits per heavy atom. The minimum atomic E-state index is -0.421. The van der Waals surface area contributed by atoms with E-state index in [2.05, 4.69) is 5.10 Å². The Morgan fingerprint density at radius 2 is 2.20 bits per heavy atom. The van der Waals surface area contributed by atoms with Crippen molar-refractivity contribution in [2.75, 3.05) is 0 Å². The number of hydrogen-bond donors (Lipinski definition) is 0. The molecule has 0 saturated heterocycles. The number of carbonyl (C=O) groups is 1. The van der Waals surface area contributed by atoms with Crippen LogP contribution in [0.2, 0.25) is 0 Å². The predicted octanol–water partition coefficient (Wildman–Crippen LogP) is 2.04. The van der Waals surface area contributed by atoms with Gasteiger partial charge in [-0.3, -0.25) is 9.48 Å². The highest BCUT2D eigenvalue weighted by atomic mass is 19.1. The predicted molar refractivity (Wildman–Crippen MR) is 54.0 cm³/mol. The Labute approximate surface area is 86.2 Å². The first-order chi connectivity index (χ1) is 7.20. The highest BCUT2D eigenvalue weighted by molar-refractivity contribution is 5.78. The number of nitrogens with zero attached hydrogens (tertiary/aromatic N) is 2. The van der Waals surface area contributed by atoms with Crippen LogP contribution >= 0.6 is 0 Å². The van der Waals surface area contributed by atoms with Gasteiger partial charge < -0.3 is 0 Å². The van der Waals surface area contributed by atoms with E-state index in [9.17, 15) is 9.18 Å². The third-order valence-electron chi connectivity index (χ3n) is 2.17. The second kappa shape index (κ2) is 3.65. The fourth-order valence-electron chi connectivity index (χ4n) is 1.49. The summed E-state index contributed by atoms with van der Waals surface area (Å²) in [6.45, 7) is 0. The van der Waals surface area contributed by atoms with E-state index in [4.69, 9.17) is 0 Å². The number of aromatic nitrogens is 2. The topological polar surface area (TPSA) is 34.9 Å². The van der Waals surface area contributed by atoms with Gasteiger partial charge >= 0.3 is 0 Å². The lowest BCUT2D eigenvalue weighted by Crippen LogP contribution is -1.94. The van der Waals surface area contributed by atoms with Gasteiger partial charge in [-0.25, -0.2) is 4.39 Å². The van der Waals surface area contributed by atoms with Crippen LogP contribution in [-0.4, -0.2) is 16.1 Å². The SMILES string of the molecule is Cn1nccc1-c1cc(F)cc(C=O)c1. The highest BCUT2D eigenvalue weighted by Crippen LogP contribution is 2.20. The molecule has 1 aromatic carbocycles. The number of aryl methyl sites for hydroxylation is 1. The fraction of sp³-hybridized carbons (Fsp3) is 0.0909. The molecule has 0 radical (unpaired) electrons. The average Bonchev–Trinajstić information content (AvgIpc) is 2.63. The lowest BCUT2D eigenvalue weighted by molar-refractivity contribution is 0.112. The van der Waals surface area contributed by atoms with E-state index >= 15 is 0 Å². The third-order valence-corrected chi connectivity index (χ3v) is 2.17. The smallest absolute Gasteiger partial charge is 0.150 e. The summed E-state index contributed by atoms with van der Waals surface area (Å²) in [4.78, 5) is 10.6. The number of carbonyl (C=O) groups excluding carboxylic acids is 1. The van der Waals surface area contributed by atoms with Crippen molar-refractivity contribution < 1.29 is 9.18 Å². The van der Waals surface area contributed by atoms with Crippen LogP contribution in [0.25, 0.3) is 11.3 Å². The number of hydrogen-bond acceptors (Lipinski definition) is 2. The molecule has 0 fully saturated rings. The van der Waals surface area contributed by atoms with Crippen LogP contribution in [0.4, 0.5) is 4.39 Å². The molecule has 15 heavy (non-hydrogen) atoms. The molecule has 1 heterocycles. The molecule has 0 saturated carbocycles. The average molecular weight is 204 g/mol. The molecule has 0 amide bonds. The van der Waals surface area contributed by atoms with Gasteiger partial charge in [0.25, 0.3) is 0 Å². The Balaban J connectivity index is 2.58. The molecule has 4 heteroatoms. The van der Waals surface area contributed by atoms with E-state index in [-0.39, 0.29) is 0 Å². The maximum atomic E-state index is 13.1. The molecule has 0 atom stereocenters. The Bertz CT molecular complexity index is 505. The van der Waals surface area contributed by atoms with Gasteiger partial charge in [-0.15, -0.1) is 0 Å². The summed E-state index contributed by atoms with van der Waals surface area (Å²) in [5.41, 5.74) is 1.75. The van der Waals surface area contributed by atoms with Crippen molar-refractivity contribution in [3.05, 3.63) is 41.8 Å². The van der Waals surface area contributed by atoms with E-state index in [1.54, 1.807) is 30.1 Å². The molecular formula is C11H9FN2O. The van der Waals surface area contributed by atoms with Crippen molar-refractivity contribution in [3.63, 3.8) is 0 Å². The van der Waals surface area contributed by atoms with Crippen LogP contribution in [0.3, 0.4) is 0 Å². The Kier molecular flexibility index (Phi) is 2.33. The van der Waals surface area contributed by atoms with Gasteiger partial charge in [0, 0.05) is 24.4 Å². The van der Waals surface area contributed by atoms with Crippen molar-refractivity contribution in [1.29, 1.82) is 0 Å². The number of halogens is 1. The molecule has 2 aromatic rings. The first-order valence-corrected chi connectivity index (χ1v) is 4.45. The molecule has 0 aliphatic heterocycles. The number of rotatable bonds is 2. The van der Waals surface area contributed by atoms with Crippen LogP contribution in [0.5, 0.6) is 0 Å². The first kappa shape index (κ1) is 9.58. The minimum absolute atomic E-state index is 0.325. The zero-order valence-corrected chi connectivity index (χ0v) is 8.14. The zero-order chi connectivity index (χ0) is 10.8. The molecular weight excluding hydrogens is 195 g/mol. The summed E-state index contributed by atoms with van der Waals surface area (Å²) < 4.78 is 14.8. The maximum Gasteiger partial charge on any atom is 0.150 e.